The monoisotopic (exact) mass is 377 g/mol. The molecule has 0 spiro atoms. The molecule has 2 aliphatic rings. The second-order valence-electron chi connectivity index (χ2n) is 6.51. The van der Waals surface area contributed by atoms with Gasteiger partial charge in [0.1, 0.15) is 0 Å². The third-order valence-electron chi connectivity index (χ3n) is 4.92. The highest BCUT2D eigenvalue weighted by Gasteiger charge is 2.20. The smallest absolute Gasteiger partial charge is 0.0664 e. The Balaban J connectivity index is 1.60. The molecule has 0 atom stereocenters. The average Bonchev–Trinajstić information content (AvgIpc) is 3.08. The highest BCUT2D eigenvalue weighted by molar-refractivity contribution is 6.42. The Morgan fingerprint density at radius 3 is 2.76 bits per heavy atom. The van der Waals surface area contributed by atoms with Crippen molar-refractivity contribution in [1.29, 1.82) is 0 Å². The second-order valence-corrected chi connectivity index (χ2v) is 7.33. The summed E-state index contributed by atoms with van der Waals surface area (Å²) in [6, 6.07) is 5.67. The van der Waals surface area contributed by atoms with Crippen molar-refractivity contribution in [3.05, 3.63) is 51.8 Å². The number of halogens is 2. The van der Waals surface area contributed by atoms with Crippen molar-refractivity contribution in [2.45, 2.75) is 19.3 Å². The first-order valence-electron chi connectivity index (χ1n) is 8.74. The fourth-order valence-electron chi connectivity index (χ4n) is 3.54. The average molecular weight is 378 g/mol. The first-order chi connectivity index (χ1) is 12.2. The molecular weight excluding hydrogens is 357 g/mol. The quantitative estimate of drug-likeness (QED) is 0.801. The molecule has 0 amide bonds. The van der Waals surface area contributed by atoms with Gasteiger partial charge < -0.3 is 4.74 Å². The van der Waals surface area contributed by atoms with Crippen molar-refractivity contribution >= 4 is 28.8 Å². The molecule has 1 aromatic carbocycles. The fourth-order valence-corrected chi connectivity index (χ4v) is 3.83. The Morgan fingerprint density at radius 1 is 1.12 bits per heavy atom. The summed E-state index contributed by atoms with van der Waals surface area (Å²) in [4.78, 5) is 2.44. The van der Waals surface area contributed by atoms with Gasteiger partial charge in [-0.1, -0.05) is 29.3 Å². The van der Waals surface area contributed by atoms with E-state index in [-0.39, 0.29) is 0 Å². The van der Waals surface area contributed by atoms with Crippen LogP contribution in [0.15, 0.2) is 30.5 Å². The molecule has 4 nitrogen and oxygen atoms in total. The normalized spacial score (nSPS) is 20.0. The van der Waals surface area contributed by atoms with Crippen LogP contribution >= 0.6 is 23.2 Å². The Kier molecular flexibility index (Phi) is 5.13. The molecule has 2 aromatic rings. The molecular formula is C19H21Cl2N3O. The summed E-state index contributed by atoms with van der Waals surface area (Å²) < 4.78 is 7.42. The van der Waals surface area contributed by atoms with Crippen molar-refractivity contribution < 1.29 is 4.74 Å². The summed E-state index contributed by atoms with van der Waals surface area (Å²) in [5, 5.41) is 5.75. The molecule has 1 saturated heterocycles. The van der Waals surface area contributed by atoms with E-state index in [0.717, 1.165) is 57.8 Å². The molecule has 2 heterocycles. The SMILES string of the molecule is Clc1ccc(-n2ncc3c2CCCC3=CCN2CCOCC2)cc1Cl. The fraction of sp³-hybridized carbons (Fsp3) is 0.421. The maximum atomic E-state index is 6.18. The van der Waals surface area contributed by atoms with Crippen LogP contribution in [0.4, 0.5) is 0 Å². The second kappa shape index (κ2) is 7.50. The lowest BCUT2D eigenvalue weighted by molar-refractivity contribution is 0.0434. The minimum absolute atomic E-state index is 0.558. The predicted molar refractivity (Wildman–Crippen MR) is 102 cm³/mol. The summed E-state index contributed by atoms with van der Waals surface area (Å²) in [5.74, 6) is 0. The number of hydrogen-bond acceptors (Lipinski definition) is 3. The standard InChI is InChI=1S/C19H21Cl2N3O/c20-17-5-4-15(12-18(17)21)24-19-3-1-2-14(16(19)13-22-24)6-7-23-8-10-25-11-9-23/h4-6,12-13H,1-3,7-11H2. The number of hydrogen-bond donors (Lipinski definition) is 0. The maximum absolute atomic E-state index is 6.18. The van der Waals surface area contributed by atoms with E-state index in [0.29, 0.717) is 10.0 Å². The van der Waals surface area contributed by atoms with E-state index in [2.05, 4.69) is 16.1 Å². The summed E-state index contributed by atoms with van der Waals surface area (Å²) in [5.41, 5.74) is 4.90. The molecule has 1 fully saturated rings. The van der Waals surface area contributed by atoms with Gasteiger partial charge in [0.05, 0.1) is 40.8 Å². The van der Waals surface area contributed by atoms with Gasteiger partial charge in [0, 0.05) is 25.2 Å². The van der Waals surface area contributed by atoms with Gasteiger partial charge >= 0.3 is 0 Å². The van der Waals surface area contributed by atoms with Gasteiger partial charge in [0.15, 0.2) is 0 Å². The van der Waals surface area contributed by atoms with Crippen LogP contribution in [0.25, 0.3) is 11.3 Å². The van der Waals surface area contributed by atoms with E-state index >= 15 is 0 Å². The van der Waals surface area contributed by atoms with E-state index in [1.165, 1.54) is 16.8 Å². The van der Waals surface area contributed by atoms with Crippen molar-refractivity contribution in [3.8, 4) is 5.69 Å². The maximum Gasteiger partial charge on any atom is 0.0664 e. The van der Waals surface area contributed by atoms with Crippen molar-refractivity contribution in [2.24, 2.45) is 0 Å². The number of allylic oxidation sites excluding steroid dienone is 1. The zero-order valence-corrected chi connectivity index (χ0v) is 15.6. The first-order valence-corrected chi connectivity index (χ1v) is 9.50. The van der Waals surface area contributed by atoms with E-state index < -0.39 is 0 Å². The number of morpholine rings is 1. The Labute approximate surface area is 158 Å². The predicted octanol–water partition coefficient (Wildman–Crippen LogP) is 4.23. The van der Waals surface area contributed by atoms with Crippen LogP contribution in [-0.2, 0) is 11.2 Å². The number of fused-ring (bicyclic) bond motifs is 1. The molecule has 0 unspecified atom stereocenters. The van der Waals surface area contributed by atoms with Gasteiger partial charge in [-0.25, -0.2) is 4.68 Å². The number of aromatic nitrogens is 2. The minimum atomic E-state index is 0.558. The van der Waals surface area contributed by atoms with E-state index in [9.17, 15) is 0 Å². The van der Waals surface area contributed by atoms with Crippen molar-refractivity contribution in [3.63, 3.8) is 0 Å². The van der Waals surface area contributed by atoms with E-state index in [4.69, 9.17) is 27.9 Å². The Morgan fingerprint density at radius 2 is 1.96 bits per heavy atom. The summed E-state index contributed by atoms with van der Waals surface area (Å²) in [6.07, 6.45) is 7.65. The molecule has 0 radical (unpaired) electrons. The minimum Gasteiger partial charge on any atom is -0.379 e. The van der Waals surface area contributed by atoms with Crippen molar-refractivity contribution in [1.82, 2.24) is 14.7 Å². The topological polar surface area (TPSA) is 30.3 Å². The highest BCUT2D eigenvalue weighted by atomic mass is 35.5. The van der Waals surface area contributed by atoms with Crippen LogP contribution in [0.2, 0.25) is 10.0 Å². The third kappa shape index (κ3) is 3.63. The van der Waals surface area contributed by atoms with Gasteiger partial charge in [-0.3, -0.25) is 4.90 Å². The Hall–Kier alpha value is -1.33. The lowest BCUT2D eigenvalue weighted by atomic mass is 9.92. The molecule has 25 heavy (non-hydrogen) atoms. The molecule has 1 aromatic heterocycles. The van der Waals surface area contributed by atoms with Crippen LogP contribution in [-0.4, -0.2) is 47.5 Å². The van der Waals surface area contributed by atoms with Gasteiger partial charge in [-0.2, -0.15) is 5.10 Å². The number of nitrogens with zero attached hydrogens (tertiary/aromatic N) is 3. The summed E-state index contributed by atoms with van der Waals surface area (Å²) in [7, 11) is 0. The molecule has 132 valence electrons. The lowest BCUT2D eigenvalue weighted by Crippen LogP contribution is -2.36. The van der Waals surface area contributed by atoms with Crippen LogP contribution in [0, 0.1) is 0 Å². The third-order valence-corrected chi connectivity index (χ3v) is 5.66. The van der Waals surface area contributed by atoms with Gasteiger partial charge in [0.2, 0.25) is 0 Å². The molecule has 0 saturated carbocycles. The first kappa shape index (κ1) is 17.1. The van der Waals surface area contributed by atoms with Crippen molar-refractivity contribution in [2.75, 3.05) is 32.8 Å². The summed E-state index contributed by atoms with van der Waals surface area (Å²) >= 11 is 12.2. The molecule has 4 rings (SSSR count). The molecule has 0 bridgehead atoms. The van der Waals surface area contributed by atoms with Crippen LogP contribution in [0.5, 0.6) is 0 Å². The zero-order chi connectivity index (χ0) is 17.2. The molecule has 1 aliphatic heterocycles. The van der Waals surface area contributed by atoms with Crippen LogP contribution in [0.3, 0.4) is 0 Å². The zero-order valence-electron chi connectivity index (χ0n) is 14.0. The number of benzene rings is 1. The van der Waals surface area contributed by atoms with E-state index in [1.807, 2.05) is 29.1 Å². The largest absolute Gasteiger partial charge is 0.379 e. The van der Waals surface area contributed by atoms with Gasteiger partial charge in [0.25, 0.3) is 0 Å². The highest BCUT2D eigenvalue weighted by Crippen LogP contribution is 2.33. The van der Waals surface area contributed by atoms with E-state index in [1.54, 1.807) is 0 Å². The van der Waals surface area contributed by atoms with Gasteiger partial charge in [-0.05, 0) is 43.0 Å². The molecule has 0 N–H and O–H groups in total. The van der Waals surface area contributed by atoms with Crippen LogP contribution in [0.1, 0.15) is 24.1 Å². The van der Waals surface area contributed by atoms with Crippen LogP contribution < -0.4 is 0 Å². The number of ether oxygens (including phenoxy) is 1. The number of rotatable bonds is 3. The summed E-state index contributed by atoms with van der Waals surface area (Å²) in [6.45, 7) is 4.68. The van der Waals surface area contributed by atoms with Gasteiger partial charge in [-0.15, -0.1) is 0 Å². The molecule has 6 heteroatoms. The molecule has 1 aliphatic carbocycles. The lowest BCUT2D eigenvalue weighted by Gasteiger charge is -2.26. The Bertz CT molecular complexity index is 794.